The first-order chi connectivity index (χ1) is 9.49. The minimum Gasteiger partial charge on any atom is -0.481 e. The van der Waals surface area contributed by atoms with E-state index in [-0.39, 0.29) is 18.4 Å². The van der Waals surface area contributed by atoms with E-state index in [4.69, 9.17) is 10.8 Å². The van der Waals surface area contributed by atoms with Crippen LogP contribution in [0.5, 0.6) is 0 Å². The molecule has 1 amide bonds. The van der Waals surface area contributed by atoms with Gasteiger partial charge in [0.1, 0.15) is 0 Å². The molecule has 3 N–H and O–H groups in total. The van der Waals surface area contributed by atoms with Crippen LogP contribution in [-0.4, -0.2) is 24.0 Å². The van der Waals surface area contributed by atoms with Crippen LogP contribution in [0, 0.1) is 0 Å². The SMILES string of the molecule is CN1C(=O)Cc2cc(C(N)CCCCC(=O)O)ccc21. The molecule has 0 radical (unpaired) electrons. The number of hydrogen-bond acceptors (Lipinski definition) is 3. The zero-order chi connectivity index (χ0) is 14.7. The minimum absolute atomic E-state index is 0.102. The summed E-state index contributed by atoms with van der Waals surface area (Å²) in [6.45, 7) is 0. The van der Waals surface area contributed by atoms with Gasteiger partial charge in [-0.05, 0) is 30.0 Å². The Hall–Kier alpha value is -1.88. The molecule has 1 heterocycles. The summed E-state index contributed by atoms with van der Waals surface area (Å²) < 4.78 is 0. The monoisotopic (exact) mass is 276 g/mol. The molecule has 0 saturated carbocycles. The number of carboxylic acids is 1. The topological polar surface area (TPSA) is 83.6 Å². The first-order valence-corrected chi connectivity index (χ1v) is 6.86. The van der Waals surface area contributed by atoms with Crippen LogP contribution in [0.2, 0.25) is 0 Å². The minimum atomic E-state index is -0.766. The van der Waals surface area contributed by atoms with Gasteiger partial charge in [0.05, 0.1) is 6.42 Å². The first-order valence-electron chi connectivity index (χ1n) is 6.86. The Labute approximate surface area is 118 Å². The van der Waals surface area contributed by atoms with Crippen LogP contribution < -0.4 is 10.6 Å². The summed E-state index contributed by atoms with van der Waals surface area (Å²) in [4.78, 5) is 23.7. The summed E-state index contributed by atoms with van der Waals surface area (Å²) in [6.07, 6.45) is 2.83. The third-order valence-electron chi connectivity index (χ3n) is 3.76. The van der Waals surface area contributed by atoms with E-state index in [0.29, 0.717) is 12.8 Å². The fourth-order valence-corrected chi connectivity index (χ4v) is 2.53. The largest absolute Gasteiger partial charge is 0.481 e. The lowest BCUT2D eigenvalue weighted by atomic mass is 9.98. The number of carboxylic acid groups (broad SMARTS) is 1. The highest BCUT2D eigenvalue weighted by molar-refractivity contribution is 6.00. The number of aliphatic carboxylic acids is 1. The molecular weight excluding hydrogens is 256 g/mol. The summed E-state index contributed by atoms with van der Waals surface area (Å²) in [5, 5.41) is 8.58. The van der Waals surface area contributed by atoms with Gasteiger partial charge in [0, 0.05) is 25.2 Å². The molecule has 2 rings (SSSR count). The van der Waals surface area contributed by atoms with Crippen LogP contribution in [0.1, 0.15) is 42.9 Å². The molecular formula is C15H20N2O3. The third-order valence-corrected chi connectivity index (χ3v) is 3.76. The number of anilines is 1. The van der Waals surface area contributed by atoms with Crippen molar-refractivity contribution in [3.63, 3.8) is 0 Å². The van der Waals surface area contributed by atoms with Gasteiger partial charge < -0.3 is 15.7 Å². The van der Waals surface area contributed by atoms with Crippen molar-refractivity contribution in [2.45, 2.75) is 38.1 Å². The Balaban J connectivity index is 1.95. The van der Waals surface area contributed by atoms with Crippen LogP contribution in [-0.2, 0) is 16.0 Å². The summed E-state index contributed by atoms with van der Waals surface area (Å²) >= 11 is 0. The van der Waals surface area contributed by atoms with Crippen molar-refractivity contribution in [1.82, 2.24) is 0 Å². The van der Waals surface area contributed by atoms with Crippen molar-refractivity contribution in [2.75, 3.05) is 11.9 Å². The van der Waals surface area contributed by atoms with Gasteiger partial charge >= 0.3 is 5.97 Å². The molecule has 1 unspecified atom stereocenters. The second kappa shape index (κ2) is 6.05. The summed E-state index contributed by atoms with van der Waals surface area (Å²) in [5.41, 5.74) is 9.12. The van der Waals surface area contributed by atoms with Gasteiger partial charge in [-0.1, -0.05) is 18.6 Å². The van der Waals surface area contributed by atoms with E-state index in [1.165, 1.54) is 0 Å². The van der Waals surface area contributed by atoms with Crippen molar-refractivity contribution in [3.8, 4) is 0 Å². The van der Waals surface area contributed by atoms with Gasteiger partial charge in [-0.15, -0.1) is 0 Å². The summed E-state index contributed by atoms with van der Waals surface area (Å²) in [7, 11) is 1.78. The molecule has 1 aliphatic heterocycles. The number of likely N-dealkylation sites (N-methyl/N-ethyl adjacent to an activating group) is 1. The second-order valence-corrected chi connectivity index (χ2v) is 5.26. The maximum absolute atomic E-state index is 11.6. The van der Waals surface area contributed by atoms with Crippen molar-refractivity contribution >= 4 is 17.6 Å². The van der Waals surface area contributed by atoms with Crippen molar-refractivity contribution in [1.29, 1.82) is 0 Å². The van der Waals surface area contributed by atoms with Crippen LogP contribution in [0.15, 0.2) is 18.2 Å². The highest BCUT2D eigenvalue weighted by Gasteiger charge is 2.24. The Bertz CT molecular complexity index is 528. The quantitative estimate of drug-likeness (QED) is 0.777. The molecule has 0 saturated heterocycles. The lowest BCUT2D eigenvalue weighted by Crippen LogP contribution is -2.20. The van der Waals surface area contributed by atoms with Crippen molar-refractivity contribution < 1.29 is 14.7 Å². The van der Waals surface area contributed by atoms with E-state index in [1.807, 2.05) is 18.2 Å². The number of hydrogen-bond donors (Lipinski definition) is 2. The molecule has 108 valence electrons. The smallest absolute Gasteiger partial charge is 0.303 e. The van der Waals surface area contributed by atoms with Crippen LogP contribution in [0.3, 0.4) is 0 Å². The molecule has 20 heavy (non-hydrogen) atoms. The maximum atomic E-state index is 11.6. The Kier molecular flexibility index (Phi) is 4.39. The summed E-state index contributed by atoms with van der Waals surface area (Å²) in [5.74, 6) is -0.662. The molecule has 0 spiro atoms. The molecule has 1 aromatic rings. The molecule has 0 aromatic heterocycles. The number of rotatable bonds is 6. The molecule has 1 aromatic carbocycles. The summed E-state index contributed by atoms with van der Waals surface area (Å²) in [6, 6.07) is 5.79. The number of fused-ring (bicyclic) bond motifs is 1. The molecule has 0 bridgehead atoms. The van der Waals surface area contributed by atoms with Crippen LogP contribution in [0.4, 0.5) is 5.69 Å². The lowest BCUT2D eigenvalue weighted by Gasteiger charge is -2.14. The fraction of sp³-hybridized carbons (Fsp3) is 0.467. The molecule has 5 nitrogen and oxygen atoms in total. The number of benzene rings is 1. The van der Waals surface area contributed by atoms with Gasteiger partial charge in [-0.25, -0.2) is 0 Å². The van der Waals surface area contributed by atoms with E-state index < -0.39 is 5.97 Å². The normalized spacial score (nSPS) is 15.3. The number of nitrogens with two attached hydrogens (primary N) is 1. The second-order valence-electron chi connectivity index (χ2n) is 5.26. The fourth-order valence-electron chi connectivity index (χ4n) is 2.53. The lowest BCUT2D eigenvalue weighted by molar-refractivity contribution is -0.137. The van der Waals surface area contributed by atoms with Gasteiger partial charge in [-0.2, -0.15) is 0 Å². The van der Waals surface area contributed by atoms with Gasteiger partial charge in [0.2, 0.25) is 5.91 Å². The predicted octanol–water partition coefficient (Wildman–Crippen LogP) is 1.85. The van der Waals surface area contributed by atoms with Crippen molar-refractivity contribution in [3.05, 3.63) is 29.3 Å². The standard InChI is InChI=1S/C15H20N2O3/c1-17-13-7-6-10(8-11(13)9-14(17)18)12(16)4-2-3-5-15(19)20/h6-8,12H,2-5,9,16H2,1H3,(H,19,20). The van der Waals surface area contributed by atoms with Gasteiger partial charge in [0.25, 0.3) is 0 Å². The molecule has 1 atom stereocenters. The number of unbranched alkanes of at least 4 members (excludes halogenated alkanes) is 1. The predicted molar refractivity (Wildman–Crippen MR) is 76.6 cm³/mol. The Morgan fingerprint density at radius 2 is 2.20 bits per heavy atom. The maximum Gasteiger partial charge on any atom is 0.303 e. The Morgan fingerprint density at radius 1 is 1.45 bits per heavy atom. The van der Waals surface area contributed by atoms with E-state index >= 15 is 0 Å². The first kappa shape index (κ1) is 14.5. The van der Waals surface area contributed by atoms with E-state index in [9.17, 15) is 9.59 Å². The molecule has 0 aliphatic carbocycles. The average Bonchev–Trinajstić information content (AvgIpc) is 2.69. The van der Waals surface area contributed by atoms with E-state index in [0.717, 1.165) is 29.7 Å². The number of amides is 1. The number of carbonyl (C=O) groups is 2. The highest BCUT2D eigenvalue weighted by Crippen LogP contribution is 2.30. The average molecular weight is 276 g/mol. The molecule has 1 aliphatic rings. The number of carbonyl (C=O) groups excluding carboxylic acids is 1. The van der Waals surface area contributed by atoms with Crippen LogP contribution in [0.25, 0.3) is 0 Å². The highest BCUT2D eigenvalue weighted by atomic mass is 16.4. The van der Waals surface area contributed by atoms with Gasteiger partial charge in [0.15, 0.2) is 0 Å². The molecule has 0 fully saturated rings. The van der Waals surface area contributed by atoms with Crippen LogP contribution >= 0.6 is 0 Å². The zero-order valence-electron chi connectivity index (χ0n) is 11.6. The van der Waals surface area contributed by atoms with E-state index in [2.05, 4.69) is 0 Å². The van der Waals surface area contributed by atoms with Gasteiger partial charge in [-0.3, -0.25) is 9.59 Å². The van der Waals surface area contributed by atoms with E-state index in [1.54, 1.807) is 11.9 Å². The van der Waals surface area contributed by atoms with Crippen molar-refractivity contribution in [2.24, 2.45) is 5.73 Å². The number of nitrogens with zero attached hydrogens (tertiary/aromatic N) is 1. The Morgan fingerprint density at radius 3 is 2.90 bits per heavy atom. The third kappa shape index (κ3) is 3.17. The zero-order valence-corrected chi connectivity index (χ0v) is 11.6. The molecule has 5 heteroatoms.